The van der Waals surface area contributed by atoms with Gasteiger partial charge in [-0.15, -0.1) is 24.0 Å². The minimum Gasteiger partial charge on any atom is -0.378 e. The second-order valence-corrected chi connectivity index (χ2v) is 8.59. The van der Waals surface area contributed by atoms with E-state index in [1.165, 1.54) is 36.9 Å². The molecule has 1 N–H and O–H groups in total. The number of nitrogens with one attached hydrogen (secondary N) is 1. The van der Waals surface area contributed by atoms with E-state index in [9.17, 15) is 0 Å². The lowest BCUT2D eigenvalue weighted by Gasteiger charge is -2.54. The Morgan fingerprint density at radius 3 is 2.68 bits per heavy atom. The van der Waals surface area contributed by atoms with Gasteiger partial charge >= 0.3 is 0 Å². The lowest BCUT2D eigenvalue weighted by atomic mass is 9.60. The zero-order valence-corrected chi connectivity index (χ0v) is 20.7. The second kappa shape index (κ2) is 9.78. The molecule has 0 aliphatic heterocycles. The van der Waals surface area contributed by atoms with Crippen molar-refractivity contribution in [3.8, 4) is 0 Å². The van der Waals surface area contributed by atoms with Crippen LogP contribution in [0.25, 0.3) is 0 Å². The first kappa shape index (κ1) is 23.4. The van der Waals surface area contributed by atoms with Crippen molar-refractivity contribution >= 4 is 29.9 Å². The Morgan fingerprint density at radius 1 is 1.43 bits per heavy atom. The van der Waals surface area contributed by atoms with E-state index < -0.39 is 0 Å². The molecule has 0 saturated heterocycles. The molecule has 2 atom stereocenters. The predicted octanol–water partition coefficient (Wildman–Crippen LogP) is 3.91. The summed E-state index contributed by atoms with van der Waals surface area (Å²) in [5.74, 6) is 1.39. The van der Waals surface area contributed by atoms with Gasteiger partial charge in [0, 0.05) is 57.5 Å². The molecule has 1 aromatic heterocycles. The van der Waals surface area contributed by atoms with Gasteiger partial charge in [0.2, 0.25) is 0 Å². The van der Waals surface area contributed by atoms with Crippen LogP contribution in [0, 0.1) is 5.41 Å². The zero-order chi connectivity index (χ0) is 19.6. The van der Waals surface area contributed by atoms with Gasteiger partial charge in [0.25, 0.3) is 0 Å². The molecule has 0 bridgehead atoms. The van der Waals surface area contributed by atoms with E-state index in [0.29, 0.717) is 23.5 Å². The van der Waals surface area contributed by atoms with E-state index in [-0.39, 0.29) is 24.0 Å². The van der Waals surface area contributed by atoms with Crippen LogP contribution in [0.2, 0.25) is 0 Å². The molecule has 6 nitrogen and oxygen atoms in total. The van der Waals surface area contributed by atoms with Gasteiger partial charge in [0.1, 0.15) is 0 Å². The zero-order valence-electron chi connectivity index (χ0n) is 18.4. The lowest BCUT2D eigenvalue weighted by molar-refractivity contribution is -0.126. The number of rotatable bonds is 6. The van der Waals surface area contributed by atoms with Crippen molar-refractivity contribution in [3.63, 3.8) is 0 Å². The Hall–Kier alpha value is -0.830. The third-order valence-electron chi connectivity index (χ3n) is 6.46. The molecule has 3 rings (SSSR count). The maximum absolute atomic E-state index is 6.06. The van der Waals surface area contributed by atoms with E-state index in [1.807, 2.05) is 18.8 Å². The van der Waals surface area contributed by atoms with Crippen molar-refractivity contribution in [3.05, 3.63) is 17.5 Å². The third kappa shape index (κ3) is 4.50. The Morgan fingerprint density at radius 2 is 2.11 bits per heavy atom. The van der Waals surface area contributed by atoms with Crippen LogP contribution in [0.4, 0.5) is 0 Å². The molecule has 0 amide bonds. The first-order valence-electron chi connectivity index (χ1n) is 10.5. The van der Waals surface area contributed by atoms with Crippen LogP contribution >= 0.6 is 24.0 Å². The number of halogens is 1. The number of aryl methyl sites for hydroxylation is 1. The molecule has 1 spiro atoms. The number of aliphatic imine (C=N–C) groups is 1. The van der Waals surface area contributed by atoms with Crippen molar-refractivity contribution in [2.45, 2.75) is 77.5 Å². The molecule has 7 heteroatoms. The molecule has 1 heterocycles. The van der Waals surface area contributed by atoms with Crippen LogP contribution < -0.4 is 5.32 Å². The van der Waals surface area contributed by atoms with Gasteiger partial charge in [-0.3, -0.25) is 9.67 Å². The van der Waals surface area contributed by atoms with Crippen molar-refractivity contribution < 1.29 is 4.74 Å². The third-order valence-corrected chi connectivity index (χ3v) is 6.46. The Labute approximate surface area is 187 Å². The van der Waals surface area contributed by atoms with Crippen LogP contribution in [-0.4, -0.2) is 53.5 Å². The Kier molecular flexibility index (Phi) is 8.19. The molecule has 2 aliphatic carbocycles. The molecule has 0 radical (unpaired) electrons. The lowest BCUT2D eigenvalue weighted by Crippen LogP contribution is -2.65. The summed E-state index contributed by atoms with van der Waals surface area (Å²) < 4.78 is 7.97. The first-order chi connectivity index (χ1) is 12.9. The van der Waals surface area contributed by atoms with Crippen molar-refractivity contribution in [1.29, 1.82) is 0 Å². The maximum Gasteiger partial charge on any atom is 0.193 e. The van der Waals surface area contributed by atoms with Crippen LogP contribution in [0.5, 0.6) is 0 Å². The van der Waals surface area contributed by atoms with Gasteiger partial charge in [0.15, 0.2) is 5.96 Å². The van der Waals surface area contributed by atoms with Crippen LogP contribution in [0.3, 0.4) is 0 Å². The number of aromatic nitrogens is 2. The average Bonchev–Trinajstić information content (AvgIpc) is 3.26. The van der Waals surface area contributed by atoms with Crippen LogP contribution in [0.1, 0.15) is 70.1 Å². The monoisotopic (exact) mass is 503 g/mol. The summed E-state index contributed by atoms with van der Waals surface area (Å²) in [6, 6.07) is 0.469. The van der Waals surface area contributed by atoms with Crippen LogP contribution in [-0.2, 0) is 18.3 Å². The highest BCUT2D eigenvalue weighted by Crippen LogP contribution is 2.54. The molecule has 2 aliphatic rings. The Balaban J connectivity index is 0.00000280. The number of ether oxygens (including phenoxy) is 1. The summed E-state index contributed by atoms with van der Waals surface area (Å²) in [6.45, 7) is 8.13. The molecule has 28 heavy (non-hydrogen) atoms. The van der Waals surface area contributed by atoms with Crippen LogP contribution in [0.15, 0.2) is 11.2 Å². The second-order valence-electron chi connectivity index (χ2n) is 8.59. The number of hydrogen-bond acceptors (Lipinski definition) is 3. The smallest absolute Gasteiger partial charge is 0.193 e. The summed E-state index contributed by atoms with van der Waals surface area (Å²) in [5.41, 5.74) is 2.76. The van der Waals surface area contributed by atoms with E-state index in [2.05, 4.69) is 54.3 Å². The van der Waals surface area contributed by atoms with E-state index >= 15 is 0 Å². The fraction of sp³-hybridized carbons (Fsp3) is 0.810. The van der Waals surface area contributed by atoms with Gasteiger partial charge in [-0.2, -0.15) is 5.10 Å². The molecule has 1 aromatic rings. The predicted molar refractivity (Wildman–Crippen MR) is 125 cm³/mol. The normalized spacial score (nSPS) is 23.6. The standard InChI is InChI=1S/C21H37N5O.HI/c1-7-27-18-12-17(21(18)10-8-9-11-21)23-20(22-4)25(5)13-16-14-26(6)24-19(16)15(2)3;/h14-15,17-18H,7-13H2,1-6H3,(H,22,23);1H. The van der Waals surface area contributed by atoms with Gasteiger partial charge in [-0.25, -0.2) is 0 Å². The fourth-order valence-electron chi connectivity index (χ4n) is 5.08. The SMILES string of the molecule is CCOC1CC(NC(=NC)N(C)Cc2cn(C)nc2C(C)C)C12CCCC2.I. The van der Waals surface area contributed by atoms with Gasteiger partial charge in [-0.1, -0.05) is 26.7 Å². The number of nitrogens with zero attached hydrogens (tertiary/aromatic N) is 4. The van der Waals surface area contributed by atoms with Gasteiger partial charge in [-0.05, 0) is 32.1 Å². The summed E-state index contributed by atoms with van der Waals surface area (Å²) in [4.78, 5) is 6.80. The van der Waals surface area contributed by atoms with E-state index in [1.54, 1.807) is 0 Å². The molecule has 2 saturated carbocycles. The quantitative estimate of drug-likeness (QED) is 0.364. The maximum atomic E-state index is 6.06. The molecular formula is C21H38IN5O. The Bertz CT molecular complexity index is 666. The largest absolute Gasteiger partial charge is 0.378 e. The van der Waals surface area contributed by atoms with Crippen molar-refractivity contribution in [1.82, 2.24) is 20.0 Å². The number of guanidine groups is 1. The minimum absolute atomic E-state index is 0. The molecule has 2 unspecified atom stereocenters. The average molecular weight is 503 g/mol. The molecule has 0 aromatic carbocycles. The molecule has 160 valence electrons. The highest BCUT2D eigenvalue weighted by Gasteiger charge is 2.57. The number of hydrogen-bond donors (Lipinski definition) is 1. The summed E-state index contributed by atoms with van der Waals surface area (Å²) in [5, 5.41) is 8.41. The summed E-state index contributed by atoms with van der Waals surface area (Å²) in [7, 11) is 5.99. The minimum atomic E-state index is 0. The highest BCUT2D eigenvalue weighted by atomic mass is 127. The summed E-state index contributed by atoms with van der Waals surface area (Å²) in [6.07, 6.45) is 8.83. The fourth-order valence-corrected chi connectivity index (χ4v) is 5.08. The van der Waals surface area contributed by atoms with Gasteiger partial charge in [0.05, 0.1) is 11.8 Å². The first-order valence-corrected chi connectivity index (χ1v) is 10.5. The topological polar surface area (TPSA) is 54.7 Å². The van der Waals surface area contributed by atoms with E-state index in [0.717, 1.165) is 25.5 Å². The van der Waals surface area contributed by atoms with Crippen molar-refractivity contribution in [2.24, 2.45) is 17.5 Å². The molecular weight excluding hydrogens is 465 g/mol. The highest BCUT2D eigenvalue weighted by molar-refractivity contribution is 14.0. The summed E-state index contributed by atoms with van der Waals surface area (Å²) >= 11 is 0. The molecule has 2 fully saturated rings. The van der Waals surface area contributed by atoms with E-state index in [4.69, 9.17) is 4.74 Å². The van der Waals surface area contributed by atoms with Crippen molar-refractivity contribution in [2.75, 3.05) is 20.7 Å². The van der Waals surface area contributed by atoms with Gasteiger partial charge < -0.3 is 15.0 Å².